The van der Waals surface area contributed by atoms with E-state index in [4.69, 9.17) is 0 Å². The number of likely N-dealkylation sites (tertiary alicyclic amines) is 1. The monoisotopic (exact) mass is 367 g/mol. The topological polar surface area (TPSA) is 57.0 Å². The van der Waals surface area contributed by atoms with Crippen LogP contribution in [0.25, 0.3) is 10.9 Å². The number of nitrogens with zero attached hydrogens (tertiary/aromatic N) is 3. The van der Waals surface area contributed by atoms with Crippen molar-refractivity contribution in [2.24, 2.45) is 5.92 Å². The highest BCUT2D eigenvalue weighted by Gasteiger charge is 2.21. The van der Waals surface area contributed by atoms with Gasteiger partial charge in [0.05, 0.1) is 16.8 Å². The standard InChI is InChI=1S/C21H25N3OS/c1-14(2)16-6-7-19-17(9-16)10-18(11-22)21(23-19)26-13-20(25)24-8-4-5-15(3)12-24/h6-7,9-10,14-15H,4-5,8,12-13H2,1-3H3/t15-/m0/s1. The largest absolute Gasteiger partial charge is 0.342 e. The summed E-state index contributed by atoms with van der Waals surface area (Å²) in [4.78, 5) is 19.1. The summed E-state index contributed by atoms with van der Waals surface area (Å²) >= 11 is 1.38. The Morgan fingerprint density at radius 1 is 1.42 bits per heavy atom. The number of benzene rings is 1. The Hall–Kier alpha value is -2.06. The van der Waals surface area contributed by atoms with Crippen LogP contribution in [0.5, 0.6) is 0 Å². The summed E-state index contributed by atoms with van der Waals surface area (Å²) in [7, 11) is 0. The fourth-order valence-electron chi connectivity index (χ4n) is 3.36. The molecule has 1 aliphatic rings. The van der Waals surface area contributed by atoms with Crippen LogP contribution in [0.3, 0.4) is 0 Å². The van der Waals surface area contributed by atoms with Gasteiger partial charge in [0, 0.05) is 18.5 Å². The van der Waals surface area contributed by atoms with Crippen molar-refractivity contribution in [1.29, 1.82) is 5.26 Å². The lowest BCUT2D eigenvalue weighted by Gasteiger charge is -2.30. The van der Waals surface area contributed by atoms with Gasteiger partial charge in [0.2, 0.25) is 5.91 Å². The normalized spacial score (nSPS) is 17.5. The Balaban J connectivity index is 1.78. The molecule has 0 N–H and O–H groups in total. The molecule has 26 heavy (non-hydrogen) atoms. The first-order valence-corrected chi connectivity index (χ1v) is 10.2. The SMILES string of the molecule is CC(C)c1ccc2nc(SCC(=O)N3CCC[C@H](C)C3)c(C#N)cc2c1. The van der Waals surface area contributed by atoms with E-state index in [9.17, 15) is 10.1 Å². The van der Waals surface area contributed by atoms with Gasteiger partial charge in [-0.25, -0.2) is 4.98 Å². The number of hydrogen-bond donors (Lipinski definition) is 0. The lowest BCUT2D eigenvalue weighted by molar-refractivity contribution is -0.130. The zero-order valence-corrected chi connectivity index (χ0v) is 16.5. The van der Waals surface area contributed by atoms with Gasteiger partial charge in [-0.1, -0.05) is 38.6 Å². The van der Waals surface area contributed by atoms with E-state index in [0.29, 0.717) is 28.2 Å². The summed E-state index contributed by atoms with van der Waals surface area (Å²) in [6.45, 7) is 8.18. The zero-order valence-electron chi connectivity index (χ0n) is 15.7. The number of thioether (sulfide) groups is 1. The predicted molar refractivity (Wildman–Crippen MR) is 106 cm³/mol. The molecule has 5 heteroatoms. The molecule has 2 aromatic rings. The van der Waals surface area contributed by atoms with Crippen molar-refractivity contribution in [3.05, 3.63) is 35.4 Å². The van der Waals surface area contributed by atoms with Crippen LogP contribution < -0.4 is 0 Å². The minimum Gasteiger partial charge on any atom is -0.342 e. The van der Waals surface area contributed by atoms with Gasteiger partial charge < -0.3 is 4.90 Å². The number of fused-ring (bicyclic) bond motifs is 1. The first kappa shape index (κ1) is 18.7. The summed E-state index contributed by atoms with van der Waals surface area (Å²) in [6.07, 6.45) is 2.27. The summed E-state index contributed by atoms with van der Waals surface area (Å²) in [5.74, 6) is 1.48. The molecule has 1 saturated heterocycles. The zero-order chi connectivity index (χ0) is 18.7. The molecule has 136 valence electrons. The van der Waals surface area contributed by atoms with Crippen molar-refractivity contribution in [2.45, 2.75) is 44.6 Å². The van der Waals surface area contributed by atoms with Gasteiger partial charge in [-0.2, -0.15) is 5.26 Å². The van der Waals surface area contributed by atoms with Crippen molar-refractivity contribution in [1.82, 2.24) is 9.88 Å². The third-order valence-electron chi connectivity index (χ3n) is 4.93. The van der Waals surface area contributed by atoms with E-state index in [1.165, 1.54) is 23.7 Å². The highest BCUT2D eigenvalue weighted by molar-refractivity contribution is 8.00. The van der Waals surface area contributed by atoms with Crippen LogP contribution in [-0.2, 0) is 4.79 Å². The van der Waals surface area contributed by atoms with Crippen LogP contribution in [0.2, 0.25) is 0 Å². The number of carbonyl (C=O) groups excluding carboxylic acids is 1. The van der Waals surface area contributed by atoms with Crippen molar-refractivity contribution in [3.63, 3.8) is 0 Å². The molecule has 2 heterocycles. The maximum absolute atomic E-state index is 12.5. The van der Waals surface area contributed by atoms with Gasteiger partial charge in [-0.05, 0) is 48.4 Å². The van der Waals surface area contributed by atoms with Crippen molar-refractivity contribution >= 4 is 28.6 Å². The van der Waals surface area contributed by atoms with Gasteiger partial charge in [-0.15, -0.1) is 0 Å². The number of amides is 1. The maximum Gasteiger partial charge on any atom is 0.232 e. The minimum absolute atomic E-state index is 0.141. The molecule has 1 aromatic heterocycles. The number of hydrogen-bond acceptors (Lipinski definition) is 4. The summed E-state index contributed by atoms with van der Waals surface area (Å²) < 4.78 is 0. The first-order chi connectivity index (χ1) is 12.5. The minimum atomic E-state index is 0.141. The lowest BCUT2D eigenvalue weighted by atomic mass is 10.0. The molecule has 0 saturated carbocycles. The van der Waals surface area contributed by atoms with E-state index in [-0.39, 0.29) is 5.91 Å². The average Bonchev–Trinajstić information content (AvgIpc) is 2.64. The summed E-state index contributed by atoms with van der Waals surface area (Å²) in [5, 5.41) is 11.1. The van der Waals surface area contributed by atoms with Crippen LogP contribution in [0.15, 0.2) is 29.3 Å². The molecular formula is C21H25N3OS. The molecule has 1 fully saturated rings. The second-order valence-electron chi connectivity index (χ2n) is 7.44. The van der Waals surface area contributed by atoms with Crippen molar-refractivity contribution in [2.75, 3.05) is 18.8 Å². The first-order valence-electron chi connectivity index (χ1n) is 9.23. The molecule has 0 aliphatic carbocycles. The smallest absolute Gasteiger partial charge is 0.232 e. The third-order valence-corrected chi connectivity index (χ3v) is 5.91. The van der Waals surface area contributed by atoms with Crippen molar-refractivity contribution in [3.8, 4) is 6.07 Å². The van der Waals surface area contributed by atoms with Crippen LogP contribution >= 0.6 is 11.8 Å². The number of aromatic nitrogens is 1. The number of pyridine rings is 1. The van der Waals surface area contributed by atoms with Gasteiger partial charge >= 0.3 is 0 Å². The van der Waals surface area contributed by atoms with Gasteiger partial charge in [0.1, 0.15) is 11.1 Å². The second kappa shape index (κ2) is 8.09. The summed E-state index contributed by atoms with van der Waals surface area (Å²) in [5.41, 5.74) is 2.65. The number of nitriles is 1. The molecule has 1 aromatic carbocycles. The number of rotatable bonds is 4. The van der Waals surface area contributed by atoms with Gasteiger partial charge in [0.25, 0.3) is 0 Å². The van der Waals surface area contributed by atoms with Crippen LogP contribution in [0.1, 0.15) is 50.7 Å². The molecule has 1 aliphatic heterocycles. The molecule has 3 rings (SSSR count). The van der Waals surface area contributed by atoms with E-state index in [1.807, 2.05) is 17.0 Å². The van der Waals surface area contributed by atoms with Gasteiger partial charge in [-0.3, -0.25) is 4.79 Å². The van der Waals surface area contributed by atoms with E-state index in [1.54, 1.807) is 0 Å². The number of piperidine rings is 1. The summed E-state index contributed by atoms with van der Waals surface area (Å²) in [6, 6.07) is 10.3. The van der Waals surface area contributed by atoms with E-state index in [2.05, 4.69) is 44.0 Å². The molecule has 0 unspecified atom stereocenters. The highest BCUT2D eigenvalue weighted by atomic mass is 32.2. The highest BCUT2D eigenvalue weighted by Crippen LogP contribution is 2.27. The van der Waals surface area contributed by atoms with Crippen LogP contribution in [0, 0.1) is 17.2 Å². The Morgan fingerprint density at radius 2 is 2.23 bits per heavy atom. The Morgan fingerprint density at radius 3 is 2.92 bits per heavy atom. The maximum atomic E-state index is 12.5. The Bertz CT molecular complexity index is 856. The van der Waals surface area contributed by atoms with Crippen molar-refractivity contribution < 1.29 is 4.79 Å². The molecule has 4 nitrogen and oxygen atoms in total. The Kier molecular flexibility index (Phi) is 5.83. The quantitative estimate of drug-likeness (QED) is 0.742. The van der Waals surface area contributed by atoms with Crippen LogP contribution in [0.4, 0.5) is 0 Å². The van der Waals surface area contributed by atoms with E-state index < -0.39 is 0 Å². The predicted octanol–water partition coefficient (Wildman–Crippen LogP) is 4.58. The molecule has 0 bridgehead atoms. The fourth-order valence-corrected chi connectivity index (χ4v) is 4.23. The van der Waals surface area contributed by atoms with Gasteiger partial charge in [0.15, 0.2) is 0 Å². The van der Waals surface area contributed by atoms with Crippen LogP contribution in [-0.4, -0.2) is 34.6 Å². The second-order valence-corrected chi connectivity index (χ2v) is 8.40. The third kappa shape index (κ3) is 4.19. The number of carbonyl (C=O) groups is 1. The van der Waals surface area contributed by atoms with E-state index >= 15 is 0 Å². The molecule has 0 spiro atoms. The molecule has 1 atom stereocenters. The molecule has 0 radical (unpaired) electrons. The average molecular weight is 368 g/mol. The Labute approximate surface area is 159 Å². The van der Waals surface area contributed by atoms with E-state index in [0.717, 1.165) is 30.4 Å². The molecular weight excluding hydrogens is 342 g/mol. The lowest BCUT2D eigenvalue weighted by Crippen LogP contribution is -2.40. The molecule has 1 amide bonds. The fraction of sp³-hybridized carbons (Fsp3) is 0.476.